The summed E-state index contributed by atoms with van der Waals surface area (Å²) in [5.41, 5.74) is 1.51. The van der Waals surface area contributed by atoms with E-state index in [0.29, 0.717) is 49.2 Å². The Labute approximate surface area is 163 Å². The molecule has 1 aliphatic heterocycles. The van der Waals surface area contributed by atoms with Crippen molar-refractivity contribution in [1.29, 1.82) is 0 Å². The number of benzene rings is 2. The first kappa shape index (κ1) is 19.0. The van der Waals surface area contributed by atoms with Crippen molar-refractivity contribution in [3.8, 4) is 5.75 Å². The third-order valence-electron chi connectivity index (χ3n) is 4.37. The molecule has 3 rings (SSSR count). The SMILES string of the molecule is CCOc1ccccc1NC(=O)C(=O)N1CCN(c2cccc(Cl)c2)CC1. The van der Waals surface area contributed by atoms with Crippen LogP contribution in [0.5, 0.6) is 5.75 Å². The monoisotopic (exact) mass is 387 g/mol. The van der Waals surface area contributed by atoms with Crippen LogP contribution < -0.4 is 15.0 Å². The highest BCUT2D eigenvalue weighted by atomic mass is 35.5. The van der Waals surface area contributed by atoms with E-state index in [1.807, 2.05) is 37.3 Å². The second-order valence-electron chi connectivity index (χ2n) is 6.14. The maximum absolute atomic E-state index is 12.5. The summed E-state index contributed by atoms with van der Waals surface area (Å²) in [6, 6.07) is 14.7. The zero-order chi connectivity index (χ0) is 19.2. The molecule has 0 radical (unpaired) electrons. The first-order chi connectivity index (χ1) is 13.1. The number of piperazine rings is 1. The molecule has 0 spiro atoms. The van der Waals surface area contributed by atoms with Gasteiger partial charge in [-0.25, -0.2) is 0 Å². The molecule has 7 heteroatoms. The van der Waals surface area contributed by atoms with Gasteiger partial charge in [-0.1, -0.05) is 29.8 Å². The molecule has 0 saturated carbocycles. The van der Waals surface area contributed by atoms with Gasteiger partial charge in [0.1, 0.15) is 5.75 Å². The summed E-state index contributed by atoms with van der Waals surface area (Å²) in [5, 5.41) is 3.34. The molecular formula is C20H22ClN3O3. The molecule has 1 N–H and O–H groups in total. The Hall–Kier alpha value is -2.73. The van der Waals surface area contributed by atoms with Gasteiger partial charge in [-0.15, -0.1) is 0 Å². The van der Waals surface area contributed by atoms with E-state index in [4.69, 9.17) is 16.3 Å². The molecule has 0 unspecified atom stereocenters. The van der Waals surface area contributed by atoms with Crippen LogP contribution in [0.1, 0.15) is 6.92 Å². The summed E-state index contributed by atoms with van der Waals surface area (Å²) < 4.78 is 5.48. The molecule has 2 aromatic carbocycles. The van der Waals surface area contributed by atoms with E-state index in [9.17, 15) is 9.59 Å². The third-order valence-corrected chi connectivity index (χ3v) is 4.60. The molecule has 0 bridgehead atoms. The molecule has 6 nitrogen and oxygen atoms in total. The summed E-state index contributed by atoms with van der Waals surface area (Å²) in [6.45, 7) is 4.59. The number of rotatable bonds is 4. The van der Waals surface area contributed by atoms with Crippen LogP contribution in [0.4, 0.5) is 11.4 Å². The lowest BCUT2D eigenvalue weighted by Gasteiger charge is -2.35. The number of hydrogen-bond donors (Lipinski definition) is 1. The van der Waals surface area contributed by atoms with Gasteiger partial charge in [0, 0.05) is 36.9 Å². The van der Waals surface area contributed by atoms with Crippen LogP contribution in [0.2, 0.25) is 5.02 Å². The zero-order valence-corrected chi connectivity index (χ0v) is 15.9. The number of halogens is 1. The number of anilines is 2. The fraction of sp³-hybridized carbons (Fsp3) is 0.300. The Balaban J connectivity index is 1.58. The van der Waals surface area contributed by atoms with Crippen molar-refractivity contribution < 1.29 is 14.3 Å². The Kier molecular flexibility index (Phi) is 6.19. The summed E-state index contributed by atoms with van der Waals surface area (Å²) in [4.78, 5) is 28.6. The van der Waals surface area contributed by atoms with Gasteiger partial charge in [-0.3, -0.25) is 9.59 Å². The molecule has 2 amide bonds. The molecule has 1 saturated heterocycles. The minimum Gasteiger partial charge on any atom is -0.492 e. The van der Waals surface area contributed by atoms with Gasteiger partial charge in [0.2, 0.25) is 0 Å². The van der Waals surface area contributed by atoms with Crippen LogP contribution in [0.25, 0.3) is 0 Å². The number of nitrogens with one attached hydrogen (secondary N) is 1. The molecule has 142 valence electrons. The number of amides is 2. The van der Waals surface area contributed by atoms with Crippen molar-refractivity contribution in [3.05, 3.63) is 53.6 Å². The van der Waals surface area contributed by atoms with E-state index >= 15 is 0 Å². The minimum atomic E-state index is -0.654. The normalized spacial score (nSPS) is 14.0. The Bertz CT molecular complexity index is 820. The van der Waals surface area contributed by atoms with Crippen LogP contribution in [-0.2, 0) is 9.59 Å². The molecule has 1 fully saturated rings. The fourth-order valence-electron chi connectivity index (χ4n) is 3.01. The summed E-state index contributed by atoms with van der Waals surface area (Å²) in [7, 11) is 0. The topological polar surface area (TPSA) is 61.9 Å². The van der Waals surface area contributed by atoms with Gasteiger partial charge < -0.3 is 19.9 Å². The van der Waals surface area contributed by atoms with Crippen LogP contribution in [0, 0.1) is 0 Å². The number of carbonyl (C=O) groups excluding carboxylic acids is 2. The van der Waals surface area contributed by atoms with Gasteiger partial charge in [-0.05, 0) is 37.3 Å². The number of hydrogen-bond acceptors (Lipinski definition) is 4. The zero-order valence-electron chi connectivity index (χ0n) is 15.2. The molecule has 2 aromatic rings. The maximum Gasteiger partial charge on any atom is 0.314 e. The van der Waals surface area contributed by atoms with Gasteiger partial charge in [0.25, 0.3) is 0 Å². The number of para-hydroxylation sites is 2. The highest BCUT2D eigenvalue weighted by Gasteiger charge is 2.26. The quantitative estimate of drug-likeness (QED) is 0.819. The van der Waals surface area contributed by atoms with Crippen LogP contribution >= 0.6 is 11.6 Å². The smallest absolute Gasteiger partial charge is 0.314 e. The van der Waals surface area contributed by atoms with Gasteiger partial charge in [-0.2, -0.15) is 0 Å². The number of nitrogens with zero attached hydrogens (tertiary/aromatic N) is 2. The molecule has 1 heterocycles. The molecule has 1 aliphatic rings. The van der Waals surface area contributed by atoms with Gasteiger partial charge in [0.15, 0.2) is 0 Å². The standard InChI is InChI=1S/C20H22ClN3O3/c1-2-27-18-9-4-3-8-17(18)22-19(25)20(26)24-12-10-23(11-13-24)16-7-5-6-15(21)14-16/h3-9,14H,2,10-13H2,1H3,(H,22,25). The Morgan fingerprint density at radius 1 is 1.07 bits per heavy atom. The molecule has 0 atom stereocenters. The van der Waals surface area contributed by atoms with Crippen LogP contribution in [0.15, 0.2) is 48.5 Å². The minimum absolute atomic E-state index is 0.478. The fourth-order valence-corrected chi connectivity index (χ4v) is 3.20. The molecule has 0 aromatic heterocycles. The summed E-state index contributed by atoms with van der Waals surface area (Å²) in [6.07, 6.45) is 0. The lowest BCUT2D eigenvalue weighted by atomic mass is 10.2. The van der Waals surface area contributed by atoms with E-state index in [1.54, 1.807) is 23.1 Å². The second-order valence-corrected chi connectivity index (χ2v) is 6.58. The Morgan fingerprint density at radius 2 is 1.81 bits per heavy atom. The average Bonchev–Trinajstić information content (AvgIpc) is 2.69. The van der Waals surface area contributed by atoms with Crippen LogP contribution in [-0.4, -0.2) is 49.5 Å². The van der Waals surface area contributed by atoms with E-state index in [1.165, 1.54) is 0 Å². The van der Waals surface area contributed by atoms with Crippen molar-refractivity contribution in [1.82, 2.24) is 4.90 Å². The first-order valence-electron chi connectivity index (χ1n) is 8.91. The van der Waals surface area contributed by atoms with Crippen molar-refractivity contribution >= 4 is 34.8 Å². The van der Waals surface area contributed by atoms with E-state index < -0.39 is 11.8 Å². The van der Waals surface area contributed by atoms with Crippen molar-refractivity contribution in [2.75, 3.05) is 43.0 Å². The molecule has 0 aliphatic carbocycles. The van der Waals surface area contributed by atoms with Crippen molar-refractivity contribution in [3.63, 3.8) is 0 Å². The van der Waals surface area contributed by atoms with E-state index in [-0.39, 0.29) is 0 Å². The first-order valence-corrected chi connectivity index (χ1v) is 9.29. The van der Waals surface area contributed by atoms with Crippen LogP contribution in [0.3, 0.4) is 0 Å². The largest absolute Gasteiger partial charge is 0.492 e. The predicted octanol–water partition coefficient (Wildman–Crippen LogP) is 3.03. The summed E-state index contributed by atoms with van der Waals surface area (Å²) in [5.74, 6) is -0.641. The predicted molar refractivity (Wildman–Crippen MR) is 106 cm³/mol. The van der Waals surface area contributed by atoms with Gasteiger partial charge >= 0.3 is 11.8 Å². The number of carbonyl (C=O) groups is 2. The third kappa shape index (κ3) is 4.71. The summed E-state index contributed by atoms with van der Waals surface area (Å²) >= 11 is 6.04. The number of ether oxygens (including phenoxy) is 1. The lowest BCUT2D eigenvalue weighted by Crippen LogP contribution is -2.51. The highest BCUT2D eigenvalue weighted by molar-refractivity contribution is 6.39. The van der Waals surface area contributed by atoms with E-state index in [0.717, 1.165) is 5.69 Å². The lowest BCUT2D eigenvalue weighted by molar-refractivity contribution is -0.143. The molecule has 27 heavy (non-hydrogen) atoms. The average molecular weight is 388 g/mol. The van der Waals surface area contributed by atoms with Crippen molar-refractivity contribution in [2.45, 2.75) is 6.92 Å². The second kappa shape index (κ2) is 8.77. The maximum atomic E-state index is 12.5. The molecular weight excluding hydrogens is 366 g/mol. The van der Waals surface area contributed by atoms with E-state index in [2.05, 4.69) is 10.2 Å². The highest BCUT2D eigenvalue weighted by Crippen LogP contribution is 2.24. The van der Waals surface area contributed by atoms with Crippen molar-refractivity contribution in [2.24, 2.45) is 0 Å². The van der Waals surface area contributed by atoms with Gasteiger partial charge in [0.05, 0.1) is 12.3 Å². The Morgan fingerprint density at radius 3 is 2.52 bits per heavy atom.